The van der Waals surface area contributed by atoms with Crippen molar-refractivity contribution in [3.63, 3.8) is 0 Å². The molecule has 17 heavy (non-hydrogen) atoms. The van der Waals surface area contributed by atoms with Gasteiger partial charge in [0.1, 0.15) is 10.6 Å². The summed E-state index contributed by atoms with van der Waals surface area (Å²) in [6, 6.07) is 8.10. The molecule has 0 aliphatic carbocycles. The lowest BCUT2D eigenvalue weighted by Gasteiger charge is -2.19. The molecule has 0 aliphatic heterocycles. The lowest BCUT2D eigenvalue weighted by atomic mass is 10.1. The fraction of sp³-hybridized carbons (Fsp3) is 0.308. The van der Waals surface area contributed by atoms with E-state index in [0.717, 1.165) is 20.7 Å². The van der Waals surface area contributed by atoms with Gasteiger partial charge >= 0.3 is 0 Å². The van der Waals surface area contributed by atoms with Crippen molar-refractivity contribution in [3.05, 3.63) is 39.1 Å². The van der Waals surface area contributed by atoms with Crippen LogP contribution in [0.2, 0.25) is 0 Å². The number of rotatable bonds is 3. The Bertz CT molecular complexity index is 522. The van der Waals surface area contributed by atoms with Crippen LogP contribution < -0.4 is 0 Å². The summed E-state index contributed by atoms with van der Waals surface area (Å²) in [5.74, 6) is 0. The molecule has 0 atom stereocenters. The molecule has 1 aromatic carbocycles. The maximum absolute atomic E-state index is 5.44. The van der Waals surface area contributed by atoms with Crippen LogP contribution in [0.5, 0.6) is 0 Å². The van der Waals surface area contributed by atoms with Crippen molar-refractivity contribution in [2.45, 2.75) is 19.4 Å². The Morgan fingerprint density at radius 3 is 2.65 bits per heavy atom. The second-order valence-corrected chi connectivity index (χ2v) is 5.94. The molecule has 1 aromatic heterocycles. The first-order valence-corrected chi connectivity index (χ1v) is 6.98. The fourth-order valence-corrected chi connectivity index (χ4v) is 2.84. The predicted molar refractivity (Wildman–Crippen MR) is 75.3 cm³/mol. The first-order chi connectivity index (χ1) is 8.04. The third-order valence-corrected chi connectivity index (χ3v) is 4.52. The highest BCUT2D eigenvalue weighted by molar-refractivity contribution is 9.10. The minimum absolute atomic E-state index is 0.329. The van der Waals surface area contributed by atoms with Crippen LogP contribution in [0.3, 0.4) is 0 Å². The van der Waals surface area contributed by atoms with E-state index in [1.54, 1.807) is 18.4 Å². The highest BCUT2D eigenvalue weighted by Crippen LogP contribution is 2.33. The van der Waals surface area contributed by atoms with Gasteiger partial charge in [-0.15, -0.1) is 11.3 Å². The van der Waals surface area contributed by atoms with Gasteiger partial charge in [0, 0.05) is 22.5 Å². The molecule has 0 saturated heterocycles. The average molecular weight is 312 g/mol. The summed E-state index contributed by atoms with van der Waals surface area (Å²) in [5, 5.41) is 3.06. The summed E-state index contributed by atoms with van der Waals surface area (Å²) in [4.78, 5) is 4.65. The van der Waals surface area contributed by atoms with E-state index < -0.39 is 0 Å². The van der Waals surface area contributed by atoms with E-state index in [1.165, 1.54) is 0 Å². The molecule has 0 spiro atoms. The summed E-state index contributed by atoms with van der Waals surface area (Å²) in [7, 11) is 1.71. The van der Waals surface area contributed by atoms with E-state index >= 15 is 0 Å². The molecule has 0 saturated carbocycles. The molecule has 4 heteroatoms. The number of hydrogen-bond donors (Lipinski definition) is 0. The van der Waals surface area contributed by atoms with Gasteiger partial charge in [-0.1, -0.05) is 34.1 Å². The monoisotopic (exact) mass is 311 g/mol. The zero-order valence-electron chi connectivity index (χ0n) is 10.0. The van der Waals surface area contributed by atoms with Gasteiger partial charge in [-0.2, -0.15) is 0 Å². The summed E-state index contributed by atoms with van der Waals surface area (Å²) in [6.07, 6.45) is 0. The molecule has 2 aromatic rings. The van der Waals surface area contributed by atoms with E-state index in [2.05, 4.69) is 32.4 Å². The Balaban J connectivity index is 2.40. The van der Waals surface area contributed by atoms with E-state index in [0.29, 0.717) is 0 Å². The van der Waals surface area contributed by atoms with Crippen LogP contribution in [-0.2, 0) is 10.3 Å². The Hall–Kier alpha value is -0.710. The van der Waals surface area contributed by atoms with Crippen LogP contribution in [0.4, 0.5) is 0 Å². The number of ether oxygens (including phenoxy) is 1. The van der Waals surface area contributed by atoms with Gasteiger partial charge in [-0.05, 0) is 19.9 Å². The molecule has 2 nitrogen and oxygen atoms in total. The van der Waals surface area contributed by atoms with E-state index in [9.17, 15) is 0 Å². The van der Waals surface area contributed by atoms with E-state index in [-0.39, 0.29) is 5.60 Å². The maximum atomic E-state index is 5.44. The van der Waals surface area contributed by atoms with Gasteiger partial charge < -0.3 is 4.74 Å². The molecule has 0 bridgehead atoms. The molecule has 0 radical (unpaired) electrons. The zero-order chi connectivity index (χ0) is 12.5. The van der Waals surface area contributed by atoms with Crippen LogP contribution >= 0.6 is 27.3 Å². The van der Waals surface area contributed by atoms with Crippen molar-refractivity contribution in [2.24, 2.45) is 0 Å². The second kappa shape index (κ2) is 4.88. The maximum Gasteiger partial charge on any atom is 0.125 e. The highest BCUT2D eigenvalue weighted by atomic mass is 79.9. The molecule has 90 valence electrons. The number of hydrogen-bond acceptors (Lipinski definition) is 3. The minimum Gasteiger partial charge on any atom is -0.372 e. The fourth-order valence-electron chi connectivity index (χ4n) is 1.43. The van der Waals surface area contributed by atoms with Gasteiger partial charge in [0.05, 0.1) is 5.69 Å². The first-order valence-electron chi connectivity index (χ1n) is 5.30. The molecule has 0 amide bonds. The first kappa shape index (κ1) is 12.7. The Morgan fingerprint density at radius 1 is 1.29 bits per heavy atom. The van der Waals surface area contributed by atoms with Crippen LogP contribution in [-0.4, -0.2) is 12.1 Å². The lowest BCUT2D eigenvalue weighted by Crippen LogP contribution is -2.18. The van der Waals surface area contributed by atoms with Gasteiger partial charge in [0.15, 0.2) is 0 Å². The third-order valence-electron chi connectivity index (χ3n) is 2.68. The van der Waals surface area contributed by atoms with Gasteiger partial charge in [-0.25, -0.2) is 4.98 Å². The van der Waals surface area contributed by atoms with E-state index in [4.69, 9.17) is 4.74 Å². The second-order valence-electron chi connectivity index (χ2n) is 4.23. The van der Waals surface area contributed by atoms with Gasteiger partial charge in [-0.3, -0.25) is 0 Å². The average Bonchev–Trinajstić information content (AvgIpc) is 2.79. The molecule has 0 aliphatic rings. The minimum atomic E-state index is -0.329. The largest absolute Gasteiger partial charge is 0.372 e. The summed E-state index contributed by atoms with van der Waals surface area (Å²) in [5.41, 5.74) is 1.77. The van der Waals surface area contributed by atoms with Crippen molar-refractivity contribution >= 4 is 27.3 Å². The predicted octanol–water partition coefficient (Wildman–Crippen LogP) is 4.45. The topological polar surface area (TPSA) is 22.1 Å². The molecular formula is C13H14BrNOS. The van der Waals surface area contributed by atoms with Crippen LogP contribution in [0, 0.1) is 0 Å². The number of thiazole rings is 1. The Morgan fingerprint density at radius 2 is 2.00 bits per heavy atom. The normalized spacial score (nSPS) is 11.8. The van der Waals surface area contributed by atoms with Crippen LogP contribution in [0.1, 0.15) is 18.9 Å². The molecule has 2 rings (SSSR count). The van der Waals surface area contributed by atoms with Gasteiger partial charge in [0.2, 0.25) is 0 Å². The molecule has 0 fully saturated rings. The molecule has 1 heterocycles. The number of methoxy groups -OCH3 is 1. The van der Waals surface area contributed by atoms with E-state index in [1.807, 2.05) is 32.0 Å². The van der Waals surface area contributed by atoms with Crippen molar-refractivity contribution in [2.75, 3.05) is 7.11 Å². The van der Waals surface area contributed by atoms with Crippen LogP contribution in [0.15, 0.2) is 34.1 Å². The van der Waals surface area contributed by atoms with Gasteiger partial charge in [0.25, 0.3) is 0 Å². The Labute approximate surface area is 114 Å². The molecule has 0 unspecified atom stereocenters. The highest BCUT2D eigenvalue weighted by Gasteiger charge is 2.23. The smallest absolute Gasteiger partial charge is 0.125 e. The van der Waals surface area contributed by atoms with Crippen molar-refractivity contribution in [1.82, 2.24) is 4.98 Å². The van der Waals surface area contributed by atoms with Crippen molar-refractivity contribution < 1.29 is 4.74 Å². The summed E-state index contributed by atoms with van der Waals surface area (Å²) < 4.78 is 6.50. The summed E-state index contributed by atoms with van der Waals surface area (Å²) >= 11 is 5.17. The molecular weight excluding hydrogens is 298 g/mol. The molecule has 0 N–H and O–H groups in total. The van der Waals surface area contributed by atoms with Crippen LogP contribution in [0.25, 0.3) is 11.3 Å². The lowest BCUT2D eigenvalue weighted by molar-refractivity contribution is 0.0191. The number of aromatic nitrogens is 1. The number of halogens is 1. The third kappa shape index (κ3) is 2.59. The standard InChI is InChI=1S/C13H14BrNOS/c1-13(2,16-3)12-15-11(8-17-12)9-6-4-5-7-10(9)14/h4-8H,1-3H3. The Kier molecular flexibility index (Phi) is 3.66. The zero-order valence-corrected chi connectivity index (χ0v) is 12.4. The quantitative estimate of drug-likeness (QED) is 0.835. The number of nitrogens with zero attached hydrogens (tertiary/aromatic N) is 1. The SMILES string of the molecule is COC(C)(C)c1nc(-c2ccccc2Br)cs1. The van der Waals surface area contributed by atoms with Crippen molar-refractivity contribution in [1.29, 1.82) is 0 Å². The number of benzene rings is 1. The van der Waals surface area contributed by atoms with Crippen molar-refractivity contribution in [3.8, 4) is 11.3 Å². The summed E-state index contributed by atoms with van der Waals surface area (Å²) in [6.45, 7) is 4.05.